The second kappa shape index (κ2) is 6.39. The Morgan fingerprint density at radius 1 is 1.28 bits per heavy atom. The second-order valence-corrected chi connectivity index (χ2v) is 5.76. The minimum absolute atomic E-state index is 0.204. The highest BCUT2D eigenvalue weighted by molar-refractivity contribution is 7.92. The molecule has 0 bridgehead atoms. The van der Waals surface area contributed by atoms with Crippen LogP contribution in [0.5, 0.6) is 0 Å². The van der Waals surface area contributed by atoms with Gasteiger partial charge in [0, 0.05) is 13.0 Å². The zero-order chi connectivity index (χ0) is 13.6. The molecule has 0 saturated carbocycles. The summed E-state index contributed by atoms with van der Waals surface area (Å²) in [7, 11) is -2.03. The highest BCUT2D eigenvalue weighted by Gasteiger charge is 2.17. The normalized spacial score (nSPS) is 11.0. The zero-order valence-electron chi connectivity index (χ0n) is 10.5. The number of rotatable bonds is 6. The van der Waals surface area contributed by atoms with Gasteiger partial charge in [-0.3, -0.25) is 9.10 Å². The maximum atomic E-state index is 11.7. The minimum Gasteiger partial charge on any atom is -0.469 e. The van der Waals surface area contributed by atoms with Gasteiger partial charge in [0.15, 0.2) is 0 Å². The van der Waals surface area contributed by atoms with Crippen LogP contribution in [0.25, 0.3) is 0 Å². The number of para-hydroxylation sites is 1. The molecule has 0 aromatic heterocycles. The molecule has 0 radical (unpaired) electrons. The second-order valence-electron chi connectivity index (χ2n) is 3.85. The Balaban J connectivity index is 2.73. The standard InChI is InChI=1S/C12H17NO4S/c1-17-12(14)9-6-10-13(18(2,15)16)11-7-4-3-5-8-11/h3-5,7-8H,6,9-10H2,1-2H3. The molecule has 18 heavy (non-hydrogen) atoms. The summed E-state index contributed by atoms with van der Waals surface area (Å²) in [4.78, 5) is 11.0. The van der Waals surface area contributed by atoms with Crippen LogP contribution in [0.3, 0.4) is 0 Å². The summed E-state index contributed by atoms with van der Waals surface area (Å²) in [5.41, 5.74) is 0.602. The first-order chi connectivity index (χ1) is 8.45. The molecule has 0 fully saturated rings. The molecule has 0 aliphatic heterocycles. The third-order valence-corrected chi connectivity index (χ3v) is 3.61. The molecule has 0 aliphatic carbocycles. The van der Waals surface area contributed by atoms with Crippen LogP contribution < -0.4 is 4.31 Å². The largest absolute Gasteiger partial charge is 0.469 e. The van der Waals surface area contributed by atoms with E-state index in [9.17, 15) is 13.2 Å². The van der Waals surface area contributed by atoms with Crippen molar-refractivity contribution in [3.8, 4) is 0 Å². The lowest BCUT2D eigenvalue weighted by molar-refractivity contribution is -0.140. The zero-order valence-corrected chi connectivity index (χ0v) is 11.3. The number of nitrogens with zero attached hydrogens (tertiary/aromatic N) is 1. The molecule has 0 amide bonds. The summed E-state index contributed by atoms with van der Waals surface area (Å²) >= 11 is 0. The van der Waals surface area contributed by atoms with E-state index >= 15 is 0 Å². The van der Waals surface area contributed by atoms with Gasteiger partial charge in [-0.25, -0.2) is 8.42 Å². The molecule has 0 spiro atoms. The van der Waals surface area contributed by atoms with Gasteiger partial charge in [-0.1, -0.05) is 18.2 Å². The summed E-state index contributed by atoms with van der Waals surface area (Å²) in [6.07, 6.45) is 1.78. The van der Waals surface area contributed by atoms with Gasteiger partial charge < -0.3 is 4.74 Å². The number of hydrogen-bond acceptors (Lipinski definition) is 4. The Hall–Kier alpha value is -1.56. The van der Waals surface area contributed by atoms with Crippen LogP contribution in [0, 0.1) is 0 Å². The molecule has 100 valence electrons. The fourth-order valence-electron chi connectivity index (χ4n) is 1.55. The van der Waals surface area contributed by atoms with Gasteiger partial charge in [0.05, 0.1) is 19.1 Å². The van der Waals surface area contributed by atoms with E-state index < -0.39 is 10.0 Å². The van der Waals surface area contributed by atoms with Crippen molar-refractivity contribution in [3.05, 3.63) is 30.3 Å². The van der Waals surface area contributed by atoms with Crippen molar-refractivity contribution in [3.63, 3.8) is 0 Å². The summed E-state index contributed by atoms with van der Waals surface area (Å²) in [5, 5.41) is 0. The molecule has 1 aromatic rings. The van der Waals surface area contributed by atoms with Crippen molar-refractivity contribution in [1.29, 1.82) is 0 Å². The van der Waals surface area contributed by atoms with E-state index in [1.807, 2.05) is 6.07 Å². The van der Waals surface area contributed by atoms with Crippen LogP contribution in [0.4, 0.5) is 5.69 Å². The third kappa shape index (κ3) is 4.37. The van der Waals surface area contributed by atoms with E-state index in [1.165, 1.54) is 11.4 Å². The molecular weight excluding hydrogens is 254 g/mol. The van der Waals surface area contributed by atoms with Gasteiger partial charge >= 0.3 is 5.97 Å². The Bertz CT molecular complexity index is 484. The van der Waals surface area contributed by atoms with E-state index in [1.54, 1.807) is 24.3 Å². The Labute approximate surface area is 107 Å². The number of esters is 1. The van der Waals surface area contributed by atoms with Crippen LogP contribution in [0.15, 0.2) is 30.3 Å². The molecule has 0 saturated heterocycles. The molecule has 1 aromatic carbocycles. The van der Waals surface area contributed by atoms with E-state index in [2.05, 4.69) is 4.74 Å². The highest BCUT2D eigenvalue weighted by atomic mass is 32.2. The van der Waals surface area contributed by atoms with Crippen molar-refractivity contribution >= 4 is 21.7 Å². The maximum absolute atomic E-state index is 11.7. The quantitative estimate of drug-likeness (QED) is 0.734. The van der Waals surface area contributed by atoms with Gasteiger partial charge in [0.2, 0.25) is 10.0 Å². The lowest BCUT2D eigenvalue weighted by Crippen LogP contribution is -2.31. The molecular formula is C12H17NO4S. The average Bonchev–Trinajstić information content (AvgIpc) is 2.33. The van der Waals surface area contributed by atoms with E-state index in [-0.39, 0.29) is 18.9 Å². The van der Waals surface area contributed by atoms with Crippen LogP contribution in [0.2, 0.25) is 0 Å². The molecule has 1 rings (SSSR count). The third-order valence-electron chi connectivity index (χ3n) is 2.41. The molecule has 6 heteroatoms. The number of anilines is 1. The van der Waals surface area contributed by atoms with E-state index in [0.29, 0.717) is 12.1 Å². The maximum Gasteiger partial charge on any atom is 0.305 e. The summed E-state index contributed by atoms with van der Waals surface area (Å²) in [6.45, 7) is 0.262. The van der Waals surface area contributed by atoms with E-state index in [4.69, 9.17) is 0 Å². The Morgan fingerprint density at radius 2 is 1.89 bits per heavy atom. The van der Waals surface area contributed by atoms with Crippen molar-refractivity contribution in [2.45, 2.75) is 12.8 Å². The Morgan fingerprint density at radius 3 is 2.39 bits per heavy atom. The summed E-state index contributed by atoms with van der Waals surface area (Å²) in [5.74, 6) is -0.337. The van der Waals surface area contributed by atoms with Crippen molar-refractivity contribution in [2.24, 2.45) is 0 Å². The van der Waals surface area contributed by atoms with Crippen LogP contribution in [0.1, 0.15) is 12.8 Å². The molecule has 0 heterocycles. The van der Waals surface area contributed by atoms with Gasteiger partial charge in [-0.15, -0.1) is 0 Å². The first-order valence-corrected chi connectivity index (χ1v) is 7.39. The molecule has 0 atom stereocenters. The van der Waals surface area contributed by atoms with Gasteiger partial charge in [-0.2, -0.15) is 0 Å². The molecule has 0 aliphatic rings. The lowest BCUT2D eigenvalue weighted by atomic mass is 10.3. The van der Waals surface area contributed by atoms with Crippen molar-refractivity contribution in [2.75, 3.05) is 24.2 Å². The SMILES string of the molecule is COC(=O)CCCN(c1ccccc1)S(C)(=O)=O. The minimum atomic E-state index is -3.34. The summed E-state index contributed by atoms with van der Waals surface area (Å²) in [6, 6.07) is 8.80. The number of ether oxygens (including phenoxy) is 1. The van der Waals surface area contributed by atoms with Gasteiger partial charge in [0.1, 0.15) is 0 Å². The first kappa shape index (κ1) is 14.5. The predicted molar refractivity (Wildman–Crippen MR) is 69.9 cm³/mol. The number of carbonyl (C=O) groups is 1. The highest BCUT2D eigenvalue weighted by Crippen LogP contribution is 2.17. The van der Waals surface area contributed by atoms with Gasteiger partial charge in [0.25, 0.3) is 0 Å². The average molecular weight is 271 g/mol. The smallest absolute Gasteiger partial charge is 0.305 e. The van der Waals surface area contributed by atoms with Crippen LogP contribution >= 0.6 is 0 Å². The van der Waals surface area contributed by atoms with Crippen molar-refractivity contribution in [1.82, 2.24) is 0 Å². The van der Waals surface area contributed by atoms with Crippen molar-refractivity contribution < 1.29 is 17.9 Å². The number of sulfonamides is 1. The number of methoxy groups -OCH3 is 1. The topological polar surface area (TPSA) is 63.7 Å². The fourth-order valence-corrected chi connectivity index (χ4v) is 2.52. The summed E-state index contributed by atoms with van der Waals surface area (Å²) < 4.78 is 29.2. The lowest BCUT2D eigenvalue weighted by Gasteiger charge is -2.22. The molecule has 5 nitrogen and oxygen atoms in total. The number of hydrogen-bond donors (Lipinski definition) is 0. The van der Waals surface area contributed by atoms with Crippen LogP contribution in [-0.2, 0) is 19.6 Å². The van der Waals surface area contributed by atoms with Crippen LogP contribution in [-0.4, -0.2) is 34.3 Å². The predicted octanol–water partition coefficient (Wildman–Crippen LogP) is 1.41. The monoisotopic (exact) mass is 271 g/mol. The Kier molecular flexibility index (Phi) is 5.15. The fraction of sp³-hybridized carbons (Fsp3) is 0.417. The van der Waals surface area contributed by atoms with Gasteiger partial charge in [-0.05, 0) is 18.6 Å². The number of benzene rings is 1. The molecule has 0 unspecified atom stereocenters. The molecule has 0 N–H and O–H groups in total. The first-order valence-electron chi connectivity index (χ1n) is 5.54. The number of carbonyl (C=O) groups excluding carboxylic acids is 1. The van der Waals surface area contributed by atoms with E-state index in [0.717, 1.165) is 6.26 Å².